The lowest BCUT2D eigenvalue weighted by atomic mass is 9.99. The first-order chi connectivity index (χ1) is 8.20. The highest BCUT2D eigenvalue weighted by molar-refractivity contribution is 5.75. The number of amides is 1. The van der Waals surface area contributed by atoms with Crippen LogP contribution < -0.4 is 5.32 Å². The number of benzene rings is 1. The summed E-state index contributed by atoms with van der Waals surface area (Å²) in [6.07, 6.45) is 5.33. The summed E-state index contributed by atoms with van der Waals surface area (Å²) in [5.41, 5.74) is 5.56. The number of rotatable bonds is 4. The molecule has 1 amide bonds. The van der Waals surface area contributed by atoms with E-state index in [9.17, 15) is 4.79 Å². The van der Waals surface area contributed by atoms with Gasteiger partial charge in [-0.05, 0) is 41.5 Å². The van der Waals surface area contributed by atoms with Crippen molar-refractivity contribution in [1.82, 2.24) is 5.32 Å². The molecule has 1 N–H and O–H groups in total. The standard InChI is InChI=1S/C15H19NO/c1-3-12-4-5-13-6-7-14(15(13)10-12)8-9-16-11(2)17/h4-5,7,10H,3,6,8-9H2,1-2H3,(H,16,17). The van der Waals surface area contributed by atoms with Crippen molar-refractivity contribution >= 4 is 11.5 Å². The van der Waals surface area contributed by atoms with Crippen LogP contribution in [0.2, 0.25) is 0 Å². The van der Waals surface area contributed by atoms with Crippen LogP contribution in [0.4, 0.5) is 0 Å². The predicted molar refractivity (Wildman–Crippen MR) is 70.8 cm³/mol. The van der Waals surface area contributed by atoms with Gasteiger partial charge in [-0.2, -0.15) is 0 Å². The van der Waals surface area contributed by atoms with Crippen molar-refractivity contribution in [3.8, 4) is 0 Å². The number of nitrogens with one attached hydrogen (secondary N) is 1. The van der Waals surface area contributed by atoms with E-state index in [2.05, 4.69) is 36.5 Å². The van der Waals surface area contributed by atoms with Gasteiger partial charge >= 0.3 is 0 Å². The molecular formula is C15H19NO. The third-order valence-electron chi connectivity index (χ3n) is 3.27. The van der Waals surface area contributed by atoms with Gasteiger partial charge in [0.05, 0.1) is 0 Å². The van der Waals surface area contributed by atoms with Gasteiger partial charge in [-0.1, -0.05) is 31.2 Å². The number of allylic oxidation sites excluding steroid dienone is 1. The number of hydrogen-bond donors (Lipinski definition) is 1. The highest BCUT2D eigenvalue weighted by atomic mass is 16.1. The van der Waals surface area contributed by atoms with Crippen molar-refractivity contribution < 1.29 is 4.79 Å². The molecule has 0 aliphatic heterocycles. The fourth-order valence-electron chi connectivity index (χ4n) is 2.27. The zero-order valence-corrected chi connectivity index (χ0v) is 10.5. The summed E-state index contributed by atoms with van der Waals surface area (Å²) in [4.78, 5) is 10.8. The molecule has 0 atom stereocenters. The average Bonchev–Trinajstić information content (AvgIpc) is 2.71. The van der Waals surface area contributed by atoms with Crippen LogP contribution in [-0.2, 0) is 17.6 Å². The topological polar surface area (TPSA) is 29.1 Å². The number of carbonyl (C=O) groups is 1. The molecule has 0 heterocycles. The Labute approximate surface area is 103 Å². The van der Waals surface area contributed by atoms with Crippen LogP contribution in [0.25, 0.3) is 5.57 Å². The molecule has 0 bridgehead atoms. The second-order valence-corrected chi connectivity index (χ2v) is 4.51. The van der Waals surface area contributed by atoms with Gasteiger partial charge < -0.3 is 5.32 Å². The normalized spacial score (nSPS) is 13.2. The molecule has 0 spiro atoms. The molecule has 1 aliphatic rings. The minimum absolute atomic E-state index is 0.0473. The molecule has 0 fully saturated rings. The average molecular weight is 229 g/mol. The quantitative estimate of drug-likeness (QED) is 0.845. The van der Waals surface area contributed by atoms with Gasteiger partial charge in [-0.15, -0.1) is 0 Å². The van der Waals surface area contributed by atoms with Gasteiger partial charge in [0.25, 0.3) is 0 Å². The van der Waals surface area contributed by atoms with Gasteiger partial charge in [0.15, 0.2) is 0 Å². The lowest BCUT2D eigenvalue weighted by molar-refractivity contribution is -0.118. The third-order valence-corrected chi connectivity index (χ3v) is 3.27. The first kappa shape index (κ1) is 11.9. The smallest absolute Gasteiger partial charge is 0.216 e. The summed E-state index contributed by atoms with van der Waals surface area (Å²) in [7, 11) is 0. The van der Waals surface area contributed by atoms with Crippen LogP contribution >= 0.6 is 0 Å². The lowest BCUT2D eigenvalue weighted by Gasteiger charge is -2.08. The second kappa shape index (κ2) is 5.17. The van der Waals surface area contributed by atoms with Crippen LogP contribution in [0, 0.1) is 0 Å². The van der Waals surface area contributed by atoms with Crippen molar-refractivity contribution in [3.05, 3.63) is 41.0 Å². The van der Waals surface area contributed by atoms with Crippen LogP contribution in [0.15, 0.2) is 24.3 Å². The molecule has 2 rings (SSSR count). The maximum absolute atomic E-state index is 10.8. The Kier molecular flexibility index (Phi) is 3.62. The fourth-order valence-corrected chi connectivity index (χ4v) is 2.27. The third kappa shape index (κ3) is 2.76. The zero-order chi connectivity index (χ0) is 12.3. The Morgan fingerprint density at radius 3 is 2.94 bits per heavy atom. The lowest BCUT2D eigenvalue weighted by Crippen LogP contribution is -2.20. The van der Waals surface area contributed by atoms with Crippen molar-refractivity contribution in [2.75, 3.05) is 6.54 Å². The predicted octanol–water partition coefficient (Wildman–Crippen LogP) is 2.71. The van der Waals surface area contributed by atoms with Gasteiger partial charge in [0.1, 0.15) is 0 Å². The molecule has 0 saturated carbocycles. The summed E-state index contributed by atoms with van der Waals surface area (Å²) >= 11 is 0. The van der Waals surface area contributed by atoms with Gasteiger partial charge in [0, 0.05) is 13.5 Å². The van der Waals surface area contributed by atoms with Crippen LogP contribution in [0.3, 0.4) is 0 Å². The molecule has 17 heavy (non-hydrogen) atoms. The molecule has 0 aromatic heterocycles. The van der Waals surface area contributed by atoms with E-state index >= 15 is 0 Å². The first-order valence-electron chi connectivity index (χ1n) is 6.26. The minimum atomic E-state index is 0.0473. The molecule has 2 heteroatoms. The number of hydrogen-bond acceptors (Lipinski definition) is 1. The van der Waals surface area contributed by atoms with Crippen LogP contribution in [-0.4, -0.2) is 12.5 Å². The number of aryl methyl sites for hydroxylation is 1. The molecule has 1 aliphatic carbocycles. The maximum Gasteiger partial charge on any atom is 0.216 e. The first-order valence-corrected chi connectivity index (χ1v) is 6.26. The molecule has 0 saturated heterocycles. The largest absolute Gasteiger partial charge is 0.356 e. The zero-order valence-electron chi connectivity index (χ0n) is 10.5. The fraction of sp³-hybridized carbons (Fsp3) is 0.400. The van der Waals surface area contributed by atoms with E-state index < -0.39 is 0 Å². The Hall–Kier alpha value is -1.57. The Morgan fingerprint density at radius 1 is 1.41 bits per heavy atom. The summed E-state index contributed by atoms with van der Waals surface area (Å²) in [5.74, 6) is 0.0473. The van der Waals surface area contributed by atoms with Crippen LogP contribution in [0.1, 0.15) is 37.0 Å². The highest BCUT2D eigenvalue weighted by Gasteiger charge is 2.13. The van der Waals surface area contributed by atoms with E-state index in [-0.39, 0.29) is 5.91 Å². The van der Waals surface area contributed by atoms with E-state index in [4.69, 9.17) is 0 Å². The Morgan fingerprint density at radius 2 is 2.24 bits per heavy atom. The molecule has 0 radical (unpaired) electrons. The molecule has 2 nitrogen and oxygen atoms in total. The number of fused-ring (bicyclic) bond motifs is 1. The highest BCUT2D eigenvalue weighted by Crippen LogP contribution is 2.30. The summed E-state index contributed by atoms with van der Waals surface area (Å²) < 4.78 is 0. The summed E-state index contributed by atoms with van der Waals surface area (Å²) in [6.45, 7) is 4.47. The molecule has 1 aromatic rings. The van der Waals surface area contributed by atoms with Crippen molar-refractivity contribution in [1.29, 1.82) is 0 Å². The van der Waals surface area contributed by atoms with Crippen LogP contribution in [0.5, 0.6) is 0 Å². The molecular weight excluding hydrogens is 210 g/mol. The van der Waals surface area contributed by atoms with Gasteiger partial charge in [-0.25, -0.2) is 0 Å². The second-order valence-electron chi connectivity index (χ2n) is 4.51. The van der Waals surface area contributed by atoms with E-state index in [1.165, 1.54) is 22.3 Å². The maximum atomic E-state index is 10.8. The van der Waals surface area contributed by atoms with E-state index in [0.717, 1.165) is 25.8 Å². The SMILES string of the molecule is CCc1ccc2c(c1)C(CCNC(C)=O)=CC2. The van der Waals surface area contributed by atoms with Crippen molar-refractivity contribution in [3.63, 3.8) is 0 Å². The molecule has 90 valence electrons. The summed E-state index contributed by atoms with van der Waals surface area (Å²) in [5, 5.41) is 2.85. The van der Waals surface area contributed by atoms with E-state index in [1.54, 1.807) is 6.92 Å². The van der Waals surface area contributed by atoms with E-state index in [1.807, 2.05) is 0 Å². The monoisotopic (exact) mass is 229 g/mol. The van der Waals surface area contributed by atoms with Crippen molar-refractivity contribution in [2.45, 2.75) is 33.1 Å². The minimum Gasteiger partial charge on any atom is -0.356 e. The van der Waals surface area contributed by atoms with Crippen molar-refractivity contribution in [2.24, 2.45) is 0 Å². The van der Waals surface area contributed by atoms with Gasteiger partial charge in [-0.3, -0.25) is 4.79 Å². The molecule has 0 unspecified atom stereocenters. The Balaban J connectivity index is 2.06. The summed E-state index contributed by atoms with van der Waals surface area (Å²) in [6, 6.07) is 6.74. The Bertz CT molecular complexity index is 460. The van der Waals surface area contributed by atoms with Gasteiger partial charge in [0.2, 0.25) is 5.91 Å². The van der Waals surface area contributed by atoms with E-state index in [0.29, 0.717) is 0 Å². The number of carbonyl (C=O) groups excluding carboxylic acids is 1. The molecule has 1 aromatic carbocycles.